The molecule has 3 nitrogen and oxygen atoms in total. The van der Waals surface area contributed by atoms with Crippen molar-refractivity contribution in [3.63, 3.8) is 0 Å². The van der Waals surface area contributed by atoms with Gasteiger partial charge in [-0.15, -0.1) is 39.1 Å². The first-order valence-electron chi connectivity index (χ1n) is 3.69. The first kappa shape index (κ1) is 14.6. The Labute approximate surface area is 93.4 Å². The fourth-order valence-corrected chi connectivity index (χ4v) is 0.849. The highest BCUT2D eigenvalue weighted by atomic mass is 79.9. The van der Waals surface area contributed by atoms with Crippen LogP contribution < -0.4 is 0 Å². The summed E-state index contributed by atoms with van der Waals surface area (Å²) in [5.74, 6) is 0. The number of hydrogen-bond donors (Lipinski definition) is 0. The maximum Gasteiger partial charge on any atom is 0.147 e. The second-order valence-electron chi connectivity index (χ2n) is 2.35. The quantitative estimate of drug-likeness (QED) is 0.803. The van der Waals surface area contributed by atoms with Gasteiger partial charge in [-0.05, 0) is 12.8 Å². The van der Waals surface area contributed by atoms with Crippen LogP contribution in [0.25, 0.3) is 0 Å². The lowest BCUT2D eigenvalue weighted by Crippen LogP contribution is -1.84. The number of nitrogens with zero attached hydrogens (tertiary/aromatic N) is 2. The Kier molecular flexibility index (Phi) is 11.2. The maximum absolute atomic E-state index is 4.58. The largest absolute Gasteiger partial charge is 0.345 e. The third kappa shape index (κ3) is 5.71. The van der Waals surface area contributed by atoms with Crippen molar-refractivity contribution in [1.29, 1.82) is 0 Å². The lowest BCUT2D eigenvalue weighted by molar-refractivity contribution is 0.392. The molecule has 0 bridgehead atoms. The molecule has 5 heteroatoms. The number of unbranched alkanes of at least 4 members (excludes halogenated alkanes) is 2. The van der Waals surface area contributed by atoms with E-state index in [9.17, 15) is 0 Å². The summed E-state index contributed by atoms with van der Waals surface area (Å²) in [5.41, 5.74) is 0.966. The van der Waals surface area contributed by atoms with E-state index in [1.807, 2.05) is 0 Å². The molecule has 0 aliphatic rings. The van der Waals surface area contributed by atoms with Crippen molar-refractivity contribution in [2.24, 2.45) is 0 Å². The molecule has 1 heterocycles. The van der Waals surface area contributed by atoms with Crippen molar-refractivity contribution >= 4 is 34.0 Å². The molecule has 0 aromatic carbocycles. The second kappa shape index (κ2) is 9.19. The average molecular weight is 302 g/mol. The smallest absolute Gasteiger partial charge is 0.147 e. The molecule has 0 unspecified atom stereocenters. The van der Waals surface area contributed by atoms with Gasteiger partial charge in [0.1, 0.15) is 12.0 Å². The summed E-state index contributed by atoms with van der Waals surface area (Å²) < 4.78 is 4.58. The third-order valence-corrected chi connectivity index (χ3v) is 1.44. The summed E-state index contributed by atoms with van der Waals surface area (Å²) >= 11 is 0. The first-order valence-corrected chi connectivity index (χ1v) is 3.69. The van der Waals surface area contributed by atoms with Crippen molar-refractivity contribution in [1.82, 2.24) is 10.4 Å². The molecule has 1 aromatic heterocycles. The number of aryl methyl sites for hydroxylation is 1. The normalized spacial score (nSPS) is 8.42. The van der Waals surface area contributed by atoms with Crippen molar-refractivity contribution in [2.45, 2.75) is 32.6 Å². The highest BCUT2D eigenvalue weighted by molar-refractivity contribution is 8.93. The van der Waals surface area contributed by atoms with Crippen LogP contribution in [0, 0.1) is 0 Å². The van der Waals surface area contributed by atoms with Crippen LogP contribution in [-0.2, 0) is 6.42 Å². The van der Waals surface area contributed by atoms with Crippen LogP contribution in [0.4, 0.5) is 0 Å². The van der Waals surface area contributed by atoms with Crippen LogP contribution in [0.1, 0.15) is 31.9 Å². The molecule has 0 aliphatic carbocycles. The molecule has 0 N–H and O–H groups in total. The van der Waals surface area contributed by atoms with Crippen LogP contribution in [0.2, 0.25) is 0 Å². The van der Waals surface area contributed by atoms with Crippen LogP contribution in [0.15, 0.2) is 10.8 Å². The molecule has 0 fully saturated rings. The lowest BCUT2D eigenvalue weighted by Gasteiger charge is -1.90. The monoisotopic (exact) mass is 300 g/mol. The van der Waals surface area contributed by atoms with Crippen molar-refractivity contribution in [2.75, 3.05) is 0 Å². The van der Waals surface area contributed by atoms with Gasteiger partial charge in [-0.1, -0.05) is 19.8 Å². The van der Waals surface area contributed by atoms with E-state index in [2.05, 4.69) is 21.8 Å². The van der Waals surface area contributed by atoms with E-state index in [4.69, 9.17) is 0 Å². The summed E-state index contributed by atoms with van der Waals surface area (Å²) in [6, 6.07) is 0. The SMILES string of the molecule is Br.Br.CCCCCc1conn1. The van der Waals surface area contributed by atoms with E-state index in [0.717, 1.165) is 12.1 Å². The van der Waals surface area contributed by atoms with Gasteiger partial charge < -0.3 is 4.52 Å². The highest BCUT2D eigenvalue weighted by Gasteiger charge is 1.95. The number of hydrogen-bond acceptors (Lipinski definition) is 3. The highest BCUT2D eigenvalue weighted by Crippen LogP contribution is 2.01. The van der Waals surface area contributed by atoms with Crippen LogP contribution in [0.3, 0.4) is 0 Å². The molecule has 1 rings (SSSR count). The van der Waals surface area contributed by atoms with Crippen LogP contribution in [-0.4, -0.2) is 10.4 Å². The number of halogens is 2. The van der Waals surface area contributed by atoms with Gasteiger partial charge in [0.05, 0.1) is 0 Å². The van der Waals surface area contributed by atoms with Gasteiger partial charge >= 0.3 is 0 Å². The van der Waals surface area contributed by atoms with Crippen molar-refractivity contribution in [3.05, 3.63) is 12.0 Å². The van der Waals surface area contributed by atoms with E-state index in [-0.39, 0.29) is 34.0 Å². The minimum absolute atomic E-state index is 0. The van der Waals surface area contributed by atoms with E-state index in [0.29, 0.717) is 0 Å². The molecule has 0 radical (unpaired) electrons. The standard InChI is InChI=1S/C7H12N2O.2BrH/c1-2-3-4-5-7-6-10-9-8-7;;/h6H,2-5H2,1H3;2*1H. The molecule has 0 atom stereocenters. The van der Waals surface area contributed by atoms with Crippen molar-refractivity contribution < 1.29 is 4.52 Å². The van der Waals surface area contributed by atoms with Crippen LogP contribution in [0.5, 0.6) is 0 Å². The Morgan fingerprint density at radius 2 is 2.08 bits per heavy atom. The third-order valence-electron chi connectivity index (χ3n) is 1.44. The molecule has 0 aliphatic heterocycles. The molecule has 0 saturated heterocycles. The summed E-state index contributed by atoms with van der Waals surface area (Å²) in [6.45, 7) is 2.18. The zero-order chi connectivity index (χ0) is 7.23. The fraction of sp³-hybridized carbons (Fsp3) is 0.714. The average Bonchev–Trinajstić information content (AvgIpc) is 2.41. The first-order chi connectivity index (χ1) is 4.93. The van der Waals surface area contributed by atoms with Gasteiger partial charge in [0, 0.05) is 5.27 Å². The Morgan fingerprint density at radius 3 is 2.58 bits per heavy atom. The molecular formula is C7H14Br2N2O. The lowest BCUT2D eigenvalue weighted by atomic mass is 10.2. The molecule has 72 valence electrons. The minimum Gasteiger partial charge on any atom is -0.345 e. The molecule has 0 amide bonds. The summed E-state index contributed by atoms with van der Waals surface area (Å²) in [5, 5.41) is 7.15. The second-order valence-corrected chi connectivity index (χ2v) is 2.35. The van der Waals surface area contributed by atoms with Gasteiger partial charge in [-0.25, -0.2) is 0 Å². The molecule has 1 aromatic rings. The minimum atomic E-state index is 0. The predicted octanol–water partition coefficient (Wildman–Crippen LogP) is 2.96. The van der Waals surface area contributed by atoms with Gasteiger partial charge in [-0.3, -0.25) is 0 Å². The van der Waals surface area contributed by atoms with Gasteiger partial charge in [0.25, 0.3) is 0 Å². The van der Waals surface area contributed by atoms with E-state index in [1.54, 1.807) is 6.26 Å². The van der Waals surface area contributed by atoms with Crippen LogP contribution >= 0.6 is 34.0 Å². The van der Waals surface area contributed by atoms with Gasteiger partial charge in [0.2, 0.25) is 0 Å². The summed E-state index contributed by atoms with van der Waals surface area (Å²) in [4.78, 5) is 0. The maximum atomic E-state index is 4.58. The molecular weight excluding hydrogens is 288 g/mol. The predicted molar refractivity (Wildman–Crippen MR) is 58.2 cm³/mol. The Balaban J connectivity index is 0. The zero-order valence-electron chi connectivity index (χ0n) is 7.02. The zero-order valence-corrected chi connectivity index (χ0v) is 10.5. The van der Waals surface area contributed by atoms with E-state index >= 15 is 0 Å². The fourth-order valence-electron chi connectivity index (χ4n) is 0.849. The topological polar surface area (TPSA) is 38.9 Å². The summed E-state index contributed by atoms with van der Waals surface area (Å²) in [7, 11) is 0. The molecule has 12 heavy (non-hydrogen) atoms. The molecule has 0 spiro atoms. The number of rotatable bonds is 4. The Bertz CT molecular complexity index is 168. The summed E-state index contributed by atoms with van der Waals surface area (Å²) in [6.07, 6.45) is 6.29. The Morgan fingerprint density at radius 1 is 1.33 bits per heavy atom. The van der Waals surface area contributed by atoms with E-state index < -0.39 is 0 Å². The molecule has 0 saturated carbocycles. The van der Waals surface area contributed by atoms with Crippen molar-refractivity contribution in [3.8, 4) is 0 Å². The number of aromatic nitrogens is 2. The van der Waals surface area contributed by atoms with E-state index in [1.165, 1.54) is 19.3 Å². The van der Waals surface area contributed by atoms with Gasteiger partial charge in [0.15, 0.2) is 0 Å². The van der Waals surface area contributed by atoms with Gasteiger partial charge in [-0.2, -0.15) is 0 Å². The Hall–Kier alpha value is 0.1000.